The fourth-order valence-corrected chi connectivity index (χ4v) is 5.46. The topological polar surface area (TPSA) is 55.8 Å². The highest BCUT2D eigenvalue weighted by atomic mass is 16.2. The number of benzene rings is 1. The Labute approximate surface area is 185 Å². The van der Waals surface area contributed by atoms with Crippen molar-refractivity contribution < 1.29 is 4.79 Å². The third kappa shape index (κ3) is 4.47. The van der Waals surface area contributed by atoms with Crippen LogP contribution in [0.25, 0.3) is 10.9 Å². The second-order valence-electron chi connectivity index (χ2n) is 9.35. The number of likely N-dealkylation sites (tertiary alicyclic amines) is 1. The van der Waals surface area contributed by atoms with Gasteiger partial charge in [0.15, 0.2) is 0 Å². The quantitative estimate of drug-likeness (QED) is 0.755. The molecule has 7 nitrogen and oxygen atoms in total. The van der Waals surface area contributed by atoms with Crippen LogP contribution in [0.2, 0.25) is 0 Å². The number of piperazine rings is 1. The van der Waals surface area contributed by atoms with Crippen LogP contribution in [0.15, 0.2) is 24.5 Å². The summed E-state index contributed by atoms with van der Waals surface area (Å²) in [5.41, 5.74) is 2.31. The molecule has 0 N–H and O–H groups in total. The second kappa shape index (κ2) is 8.99. The number of fused-ring (bicyclic) bond motifs is 1. The van der Waals surface area contributed by atoms with Crippen molar-refractivity contribution in [3.05, 3.63) is 24.5 Å². The molecule has 1 aromatic carbocycles. The third-order valence-corrected chi connectivity index (χ3v) is 7.22. The zero-order chi connectivity index (χ0) is 21.2. The zero-order valence-corrected chi connectivity index (χ0v) is 18.7. The van der Waals surface area contributed by atoms with Crippen LogP contribution in [0.1, 0.15) is 32.6 Å². The van der Waals surface area contributed by atoms with Crippen molar-refractivity contribution in [1.82, 2.24) is 19.8 Å². The Kier molecular flexibility index (Phi) is 5.94. The third-order valence-electron chi connectivity index (χ3n) is 7.22. The average Bonchev–Trinajstić information content (AvgIpc) is 3.34. The maximum atomic E-state index is 11.7. The molecule has 31 heavy (non-hydrogen) atoms. The first kappa shape index (κ1) is 20.5. The molecule has 7 heteroatoms. The SMILES string of the molecule is CC(=O)N1CCCC(CN2CCN(c3ccc4ncnc(N5CCCC5)c4c3)CC2)C1. The van der Waals surface area contributed by atoms with Crippen molar-refractivity contribution in [1.29, 1.82) is 0 Å². The highest BCUT2D eigenvalue weighted by molar-refractivity contribution is 5.92. The molecule has 5 rings (SSSR count). The molecule has 0 spiro atoms. The van der Waals surface area contributed by atoms with Crippen molar-refractivity contribution in [2.75, 3.05) is 68.7 Å². The van der Waals surface area contributed by atoms with Crippen LogP contribution in [0.3, 0.4) is 0 Å². The summed E-state index contributed by atoms with van der Waals surface area (Å²) in [6.45, 7) is 11.1. The molecule has 3 saturated heterocycles. The van der Waals surface area contributed by atoms with Gasteiger partial charge in [-0.25, -0.2) is 9.97 Å². The van der Waals surface area contributed by atoms with Gasteiger partial charge in [0.05, 0.1) is 5.52 Å². The lowest BCUT2D eigenvalue weighted by molar-refractivity contribution is -0.130. The predicted octanol–water partition coefficient (Wildman–Crippen LogP) is 2.61. The van der Waals surface area contributed by atoms with Crippen LogP contribution in [0.4, 0.5) is 11.5 Å². The van der Waals surface area contributed by atoms with E-state index in [0.29, 0.717) is 5.92 Å². The van der Waals surface area contributed by atoms with Gasteiger partial charge in [0.25, 0.3) is 0 Å². The Bertz CT molecular complexity index is 919. The van der Waals surface area contributed by atoms with Gasteiger partial charge in [-0.3, -0.25) is 9.69 Å². The summed E-state index contributed by atoms with van der Waals surface area (Å²) in [5, 5.41) is 1.18. The van der Waals surface area contributed by atoms with Crippen molar-refractivity contribution in [2.24, 2.45) is 5.92 Å². The van der Waals surface area contributed by atoms with Crippen LogP contribution in [0.5, 0.6) is 0 Å². The average molecular weight is 423 g/mol. The molecule has 3 aliphatic rings. The summed E-state index contributed by atoms with van der Waals surface area (Å²) >= 11 is 0. The van der Waals surface area contributed by atoms with Gasteiger partial charge in [0.1, 0.15) is 12.1 Å². The fourth-order valence-electron chi connectivity index (χ4n) is 5.46. The van der Waals surface area contributed by atoms with Gasteiger partial charge < -0.3 is 14.7 Å². The Morgan fingerprint density at radius 2 is 1.77 bits per heavy atom. The van der Waals surface area contributed by atoms with Crippen LogP contribution < -0.4 is 9.80 Å². The Morgan fingerprint density at radius 1 is 0.968 bits per heavy atom. The maximum absolute atomic E-state index is 11.7. The minimum Gasteiger partial charge on any atom is -0.369 e. The van der Waals surface area contributed by atoms with E-state index >= 15 is 0 Å². The lowest BCUT2D eigenvalue weighted by Crippen LogP contribution is -2.50. The maximum Gasteiger partial charge on any atom is 0.219 e. The highest BCUT2D eigenvalue weighted by Crippen LogP contribution is 2.30. The van der Waals surface area contributed by atoms with Crippen LogP contribution in [0, 0.1) is 5.92 Å². The van der Waals surface area contributed by atoms with Gasteiger partial charge >= 0.3 is 0 Å². The first-order valence-electron chi connectivity index (χ1n) is 11.9. The van der Waals surface area contributed by atoms with Gasteiger partial charge in [-0.05, 0) is 49.8 Å². The zero-order valence-electron chi connectivity index (χ0n) is 18.7. The van der Waals surface area contributed by atoms with Crippen LogP contribution >= 0.6 is 0 Å². The smallest absolute Gasteiger partial charge is 0.219 e. The molecule has 4 heterocycles. The summed E-state index contributed by atoms with van der Waals surface area (Å²) in [6.07, 6.45) is 6.58. The lowest BCUT2D eigenvalue weighted by atomic mass is 9.97. The van der Waals surface area contributed by atoms with E-state index in [1.807, 2.05) is 4.90 Å². The molecule has 1 atom stereocenters. The second-order valence-corrected chi connectivity index (χ2v) is 9.35. The summed E-state index contributed by atoms with van der Waals surface area (Å²) in [4.78, 5) is 30.4. The Morgan fingerprint density at radius 3 is 2.55 bits per heavy atom. The largest absolute Gasteiger partial charge is 0.369 e. The molecule has 1 amide bonds. The fraction of sp³-hybridized carbons (Fsp3) is 0.625. The Hall–Kier alpha value is -2.41. The molecule has 0 saturated carbocycles. The molecule has 0 aliphatic carbocycles. The van der Waals surface area contributed by atoms with Gasteiger partial charge in [-0.15, -0.1) is 0 Å². The highest BCUT2D eigenvalue weighted by Gasteiger charge is 2.26. The van der Waals surface area contributed by atoms with E-state index in [-0.39, 0.29) is 5.91 Å². The Balaban J connectivity index is 1.23. The first-order valence-corrected chi connectivity index (χ1v) is 11.9. The number of carbonyl (C=O) groups excluding carboxylic acids is 1. The number of carbonyl (C=O) groups is 1. The number of nitrogens with zero attached hydrogens (tertiary/aromatic N) is 6. The number of amides is 1. The molecule has 0 radical (unpaired) electrons. The van der Waals surface area contributed by atoms with E-state index < -0.39 is 0 Å². The number of hydrogen-bond donors (Lipinski definition) is 0. The molecule has 166 valence electrons. The van der Waals surface area contributed by atoms with E-state index in [1.54, 1.807) is 13.3 Å². The summed E-state index contributed by atoms with van der Waals surface area (Å²) in [5.74, 6) is 1.93. The van der Waals surface area contributed by atoms with E-state index in [4.69, 9.17) is 0 Å². The standard InChI is InChI=1S/C24H34N6O/c1-19(31)30-10-4-5-20(17-30)16-27-11-13-28(14-12-27)21-6-7-23-22(15-21)24(26-18-25-23)29-8-2-3-9-29/h6-7,15,18,20H,2-5,8-14,16-17H2,1H3. The minimum absolute atomic E-state index is 0.225. The first-order chi connectivity index (χ1) is 15.2. The minimum atomic E-state index is 0.225. The number of anilines is 2. The number of aromatic nitrogens is 2. The number of rotatable bonds is 4. The van der Waals surface area contributed by atoms with Crippen molar-refractivity contribution in [2.45, 2.75) is 32.6 Å². The molecule has 3 fully saturated rings. The number of hydrogen-bond acceptors (Lipinski definition) is 6. The lowest BCUT2D eigenvalue weighted by Gasteiger charge is -2.40. The molecule has 1 unspecified atom stereocenters. The van der Waals surface area contributed by atoms with Crippen molar-refractivity contribution in [3.63, 3.8) is 0 Å². The van der Waals surface area contributed by atoms with Gasteiger partial charge in [0, 0.05) is 76.9 Å². The van der Waals surface area contributed by atoms with E-state index in [0.717, 1.165) is 76.7 Å². The summed E-state index contributed by atoms with van der Waals surface area (Å²) < 4.78 is 0. The number of piperidine rings is 1. The summed E-state index contributed by atoms with van der Waals surface area (Å²) in [6, 6.07) is 6.66. The molecule has 3 aliphatic heterocycles. The molecular formula is C24H34N6O. The normalized spacial score (nSPS) is 23.0. The molecular weight excluding hydrogens is 388 g/mol. The van der Waals surface area contributed by atoms with Crippen LogP contribution in [-0.4, -0.2) is 84.6 Å². The van der Waals surface area contributed by atoms with Crippen molar-refractivity contribution in [3.8, 4) is 0 Å². The van der Waals surface area contributed by atoms with Gasteiger partial charge in [-0.1, -0.05) is 0 Å². The van der Waals surface area contributed by atoms with Gasteiger partial charge in [-0.2, -0.15) is 0 Å². The predicted molar refractivity (Wildman–Crippen MR) is 125 cm³/mol. The monoisotopic (exact) mass is 422 g/mol. The van der Waals surface area contributed by atoms with Crippen molar-refractivity contribution >= 4 is 28.3 Å². The molecule has 0 bridgehead atoms. The molecule has 2 aromatic rings. The van der Waals surface area contributed by atoms with E-state index in [9.17, 15) is 4.79 Å². The van der Waals surface area contributed by atoms with Gasteiger partial charge in [0.2, 0.25) is 5.91 Å². The van der Waals surface area contributed by atoms with Crippen LogP contribution in [-0.2, 0) is 4.79 Å². The molecule has 1 aromatic heterocycles. The summed E-state index contributed by atoms with van der Waals surface area (Å²) in [7, 11) is 0. The van der Waals surface area contributed by atoms with E-state index in [2.05, 4.69) is 42.9 Å². The van der Waals surface area contributed by atoms with E-state index in [1.165, 1.54) is 30.3 Å².